The molecular formula is C15H13BrCl2. The van der Waals surface area contributed by atoms with E-state index < -0.39 is 0 Å². The summed E-state index contributed by atoms with van der Waals surface area (Å²) >= 11 is 16.0. The van der Waals surface area contributed by atoms with Crippen LogP contribution < -0.4 is 0 Å². The molecule has 18 heavy (non-hydrogen) atoms. The molecule has 0 aliphatic heterocycles. The second-order valence-corrected chi connectivity index (χ2v) is 6.24. The summed E-state index contributed by atoms with van der Waals surface area (Å²) in [6.45, 7) is 2.03. The molecule has 0 aliphatic carbocycles. The maximum Gasteiger partial charge on any atom is 0.0626 e. The third-order valence-electron chi connectivity index (χ3n) is 2.73. The lowest BCUT2D eigenvalue weighted by molar-refractivity contribution is 0.917. The van der Waals surface area contributed by atoms with Crippen molar-refractivity contribution >= 4 is 39.1 Å². The van der Waals surface area contributed by atoms with Crippen LogP contribution in [0.3, 0.4) is 0 Å². The maximum atomic E-state index is 6.46. The number of rotatable bonds is 3. The van der Waals surface area contributed by atoms with Crippen molar-refractivity contribution in [3.8, 4) is 0 Å². The van der Waals surface area contributed by atoms with Crippen LogP contribution in [0.1, 0.15) is 22.1 Å². The van der Waals surface area contributed by atoms with Gasteiger partial charge >= 0.3 is 0 Å². The molecule has 2 aromatic carbocycles. The van der Waals surface area contributed by atoms with Crippen molar-refractivity contribution in [2.45, 2.75) is 18.7 Å². The van der Waals surface area contributed by atoms with Crippen LogP contribution in [0.5, 0.6) is 0 Å². The summed E-state index contributed by atoms with van der Waals surface area (Å²) in [5.41, 5.74) is 3.42. The second kappa shape index (κ2) is 6.10. The normalized spacial score (nSPS) is 12.4. The molecule has 0 aliphatic rings. The number of aryl methyl sites for hydroxylation is 1. The Kier molecular flexibility index (Phi) is 4.71. The molecule has 0 fully saturated rings. The van der Waals surface area contributed by atoms with E-state index in [4.69, 9.17) is 23.2 Å². The molecule has 0 nitrogen and oxygen atoms in total. The van der Waals surface area contributed by atoms with Gasteiger partial charge in [0, 0.05) is 9.50 Å². The first kappa shape index (κ1) is 13.9. The van der Waals surface area contributed by atoms with Crippen molar-refractivity contribution in [2.24, 2.45) is 0 Å². The van der Waals surface area contributed by atoms with Gasteiger partial charge in [0.2, 0.25) is 0 Å². The van der Waals surface area contributed by atoms with Gasteiger partial charge in [0.25, 0.3) is 0 Å². The van der Waals surface area contributed by atoms with Crippen molar-refractivity contribution in [3.63, 3.8) is 0 Å². The molecule has 0 aromatic heterocycles. The number of halogens is 3. The van der Waals surface area contributed by atoms with E-state index in [1.807, 2.05) is 31.2 Å². The minimum atomic E-state index is -0.0586. The van der Waals surface area contributed by atoms with Gasteiger partial charge in [-0.25, -0.2) is 0 Å². The molecule has 0 N–H and O–H groups in total. The minimum Gasteiger partial charge on any atom is -0.117 e. The fourth-order valence-electron chi connectivity index (χ4n) is 1.93. The smallest absolute Gasteiger partial charge is 0.0626 e. The summed E-state index contributed by atoms with van der Waals surface area (Å²) in [5.74, 6) is 0. The van der Waals surface area contributed by atoms with E-state index in [0.717, 1.165) is 27.0 Å². The molecule has 0 saturated carbocycles. The SMILES string of the molecule is Cc1cc(Cl)cc(C(Cl)Cc2cccc(Br)c2)c1. The highest BCUT2D eigenvalue weighted by Gasteiger charge is 2.10. The van der Waals surface area contributed by atoms with Crippen LogP contribution in [0.2, 0.25) is 5.02 Å². The van der Waals surface area contributed by atoms with E-state index >= 15 is 0 Å². The molecule has 0 bridgehead atoms. The van der Waals surface area contributed by atoms with Crippen LogP contribution >= 0.6 is 39.1 Å². The maximum absolute atomic E-state index is 6.46. The summed E-state index contributed by atoms with van der Waals surface area (Å²) in [6, 6.07) is 14.2. The molecule has 0 heterocycles. The monoisotopic (exact) mass is 342 g/mol. The number of benzene rings is 2. The van der Waals surface area contributed by atoms with E-state index in [-0.39, 0.29) is 5.38 Å². The molecule has 0 spiro atoms. The summed E-state index contributed by atoms with van der Waals surface area (Å²) in [4.78, 5) is 0. The van der Waals surface area contributed by atoms with Gasteiger partial charge in [0.1, 0.15) is 0 Å². The highest BCUT2D eigenvalue weighted by atomic mass is 79.9. The van der Waals surface area contributed by atoms with Gasteiger partial charge in [-0.1, -0.05) is 45.7 Å². The Labute approximate surface area is 126 Å². The van der Waals surface area contributed by atoms with Crippen molar-refractivity contribution < 1.29 is 0 Å². The lowest BCUT2D eigenvalue weighted by atomic mass is 10.0. The van der Waals surface area contributed by atoms with E-state index in [9.17, 15) is 0 Å². The number of hydrogen-bond acceptors (Lipinski definition) is 0. The molecule has 0 radical (unpaired) electrons. The van der Waals surface area contributed by atoms with Gasteiger partial charge in [-0.05, 0) is 54.3 Å². The standard InChI is InChI=1S/C15H13BrCl2/c1-10-5-12(9-14(17)6-10)15(18)8-11-3-2-4-13(16)7-11/h2-7,9,15H,8H2,1H3. The third kappa shape index (κ3) is 3.74. The van der Waals surface area contributed by atoms with Crippen LogP contribution in [0.25, 0.3) is 0 Å². The molecular weight excluding hydrogens is 331 g/mol. The zero-order valence-corrected chi connectivity index (χ0v) is 13.1. The van der Waals surface area contributed by atoms with E-state index in [0.29, 0.717) is 0 Å². The topological polar surface area (TPSA) is 0 Å². The molecule has 3 heteroatoms. The molecule has 94 valence electrons. The van der Waals surface area contributed by atoms with Crippen molar-refractivity contribution in [1.29, 1.82) is 0 Å². The van der Waals surface area contributed by atoms with Crippen molar-refractivity contribution in [1.82, 2.24) is 0 Å². The van der Waals surface area contributed by atoms with Gasteiger partial charge in [-0.2, -0.15) is 0 Å². The first-order valence-electron chi connectivity index (χ1n) is 5.70. The van der Waals surface area contributed by atoms with Crippen LogP contribution in [-0.4, -0.2) is 0 Å². The summed E-state index contributed by atoms with van der Waals surface area (Å²) in [6.07, 6.45) is 0.792. The first-order valence-corrected chi connectivity index (χ1v) is 7.31. The average molecular weight is 344 g/mol. The summed E-state index contributed by atoms with van der Waals surface area (Å²) in [7, 11) is 0. The lowest BCUT2D eigenvalue weighted by Crippen LogP contribution is -1.96. The Morgan fingerprint density at radius 1 is 1.17 bits per heavy atom. The Hall–Kier alpha value is -0.500. The van der Waals surface area contributed by atoms with Crippen molar-refractivity contribution in [2.75, 3.05) is 0 Å². The largest absolute Gasteiger partial charge is 0.117 e. The Bertz CT molecular complexity index is 532. The molecule has 1 unspecified atom stereocenters. The summed E-state index contributed by atoms with van der Waals surface area (Å²) < 4.78 is 1.08. The Balaban J connectivity index is 2.19. The second-order valence-electron chi connectivity index (χ2n) is 4.36. The third-order valence-corrected chi connectivity index (χ3v) is 3.85. The average Bonchev–Trinajstić information content (AvgIpc) is 2.27. The first-order chi connectivity index (χ1) is 8.54. The van der Waals surface area contributed by atoms with Gasteiger partial charge in [0.15, 0.2) is 0 Å². The van der Waals surface area contributed by atoms with Gasteiger partial charge < -0.3 is 0 Å². The Morgan fingerprint density at radius 3 is 2.61 bits per heavy atom. The fourth-order valence-corrected chi connectivity index (χ4v) is 2.98. The predicted octanol–water partition coefficient (Wildman–Crippen LogP) is 5.93. The zero-order chi connectivity index (χ0) is 13.1. The molecule has 2 aromatic rings. The van der Waals surface area contributed by atoms with Gasteiger partial charge in [-0.15, -0.1) is 11.6 Å². The van der Waals surface area contributed by atoms with Crippen LogP contribution in [0, 0.1) is 6.92 Å². The molecule has 1 atom stereocenters. The molecule has 0 saturated heterocycles. The quantitative estimate of drug-likeness (QED) is 0.605. The molecule has 2 rings (SSSR count). The summed E-state index contributed by atoms with van der Waals surface area (Å²) in [5, 5.41) is 0.682. The van der Waals surface area contributed by atoms with Crippen LogP contribution in [0.15, 0.2) is 46.9 Å². The lowest BCUT2D eigenvalue weighted by Gasteiger charge is -2.11. The van der Waals surface area contributed by atoms with Gasteiger partial charge in [0.05, 0.1) is 5.38 Å². The predicted molar refractivity (Wildman–Crippen MR) is 82.6 cm³/mol. The number of alkyl halides is 1. The van der Waals surface area contributed by atoms with Gasteiger partial charge in [-0.3, -0.25) is 0 Å². The van der Waals surface area contributed by atoms with Crippen LogP contribution in [-0.2, 0) is 6.42 Å². The van der Waals surface area contributed by atoms with Crippen molar-refractivity contribution in [3.05, 3.63) is 68.7 Å². The number of hydrogen-bond donors (Lipinski definition) is 0. The fraction of sp³-hybridized carbons (Fsp3) is 0.200. The van der Waals surface area contributed by atoms with E-state index in [1.165, 1.54) is 5.56 Å². The molecule has 0 amide bonds. The van der Waals surface area contributed by atoms with E-state index in [2.05, 4.69) is 34.1 Å². The minimum absolute atomic E-state index is 0.0586. The zero-order valence-electron chi connectivity index (χ0n) is 9.96. The highest BCUT2D eigenvalue weighted by Crippen LogP contribution is 2.28. The Morgan fingerprint density at radius 2 is 1.94 bits per heavy atom. The van der Waals surface area contributed by atoms with Crippen LogP contribution in [0.4, 0.5) is 0 Å². The highest BCUT2D eigenvalue weighted by molar-refractivity contribution is 9.10. The van der Waals surface area contributed by atoms with E-state index in [1.54, 1.807) is 0 Å².